The molecule has 2 aromatic rings. The summed E-state index contributed by atoms with van der Waals surface area (Å²) in [6.07, 6.45) is 6.31. The molecule has 0 heterocycles. The van der Waals surface area contributed by atoms with Gasteiger partial charge in [-0.2, -0.15) is 0 Å². The van der Waals surface area contributed by atoms with Crippen LogP contribution in [0.3, 0.4) is 0 Å². The van der Waals surface area contributed by atoms with Gasteiger partial charge in [0.05, 0.1) is 17.9 Å². The van der Waals surface area contributed by atoms with Crippen LogP contribution >= 0.6 is 0 Å². The first-order chi connectivity index (χ1) is 14.5. The van der Waals surface area contributed by atoms with Crippen molar-refractivity contribution in [2.75, 3.05) is 19.5 Å². The van der Waals surface area contributed by atoms with E-state index >= 15 is 0 Å². The molecule has 0 aliphatic rings. The van der Waals surface area contributed by atoms with E-state index < -0.39 is 10.8 Å². The van der Waals surface area contributed by atoms with Gasteiger partial charge in [-0.25, -0.2) is 4.39 Å². The van der Waals surface area contributed by atoms with Crippen LogP contribution in [0.2, 0.25) is 0 Å². The second-order valence-electron chi connectivity index (χ2n) is 8.13. The molecular weight excluding hydrogens is 399 g/mol. The third-order valence-electron chi connectivity index (χ3n) is 5.72. The molecule has 1 atom stereocenters. The van der Waals surface area contributed by atoms with Gasteiger partial charge >= 0.3 is 0 Å². The van der Waals surface area contributed by atoms with Crippen LogP contribution in [-0.2, 0) is 17.2 Å². The zero-order valence-electron chi connectivity index (χ0n) is 18.5. The quantitative estimate of drug-likeness (QED) is 0.427. The van der Waals surface area contributed by atoms with Crippen LogP contribution in [0, 0.1) is 11.2 Å². The lowest BCUT2D eigenvalue weighted by Gasteiger charge is -2.32. The van der Waals surface area contributed by atoms with E-state index in [9.17, 15) is 13.7 Å². The van der Waals surface area contributed by atoms with Gasteiger partial charge in [0.15, 0.2) is 0 Å². The average molecular weight is 435 g/mol. The topological polar surface area (TPSA) is 46.5 Å². The zero-order chi connectivity index (χ0) is 22.0. The Labute approximate surface area is 183 Å². The molecule has 2 rings (SSSR count). The molecule has 0 aliphatic carbocycles. The van der Waals surface area contributed by atoms with Crippen molar-refractivity contribution >= 4 is 10.8 Å². The van der Waals surface area contributed by atoms with Crippen LogP contribution in [-0.4, -0.2) is 28.8 Å². The highest BCUT2D eigenvalue weighted by molar-refractivity contribution is 7.85. The highest BCUT2D eigenvalue weighted by Crippen LogP contribution is 2.34. The van der Waals surface area contributed by atoms with E-state index in [1.165, 1.54) is 12.1 Å². The third kappa shape index (κ3) is 6.92. The Bertz CT molecular complexity index is 797. The predicted molar refractivity (Wildman–Crippen MR) is 122 cm³/mol. The van der Waals surface area contributed by atoms with Gasteiger partial charge in [0.25, 0.3) is 0 Å². The van der Waals surface area contributed by atoms with Gasteiger partial charge in [-0.15, -0.1) is 0 Å². The lowest BCUT2D eigenvalue weighted by Crippen LogP contribution is -2.32. The van der Waals surface area contributed by atoms with Crippen molar-refractivity contribution in [2.24, 2.45) is 5.41 Å². The van der Waals surface area contributed by atoms with Gasteiger partial charge in [0.1, 0.15) is 11.6 Å². The van der Waals surface area contributed by atoms with Gasteiger partial charge < -0.3 is 9.84 Å². The van der Waals surface area contributed by atoms with Crippen molar-refractivity contribution in [3.05, 3.63) is 59.4 Å². The highest BCUT2D eigenvalue weighted by atomic mass is 32.2. The first kappa shape index (κ1) is 24.5. The second-order valence-corrected chi connectivity index (χ2v) is 9.55. The Hall–Kier alpha value is -1.72. The fourth-order valence-corrected chi connectivity index (χ4v) is 5.54. The Kier molecular flexibility index (Phi) is 9.99. The lowest BCUT2D eigenvalue weighted by molar-refractivity contribution is 0.121. The standard InChI is InChI=1S/C25H35FO3S/c1-4-6-14-25(18-27,15-7-5-2)19-30(28)24-13-10-22(26)17-21(24)16-20-8-11-23(29-3)12-9-20/h8-13,17,27H,4-7,14-16,18-19H2,1-3H3. The van der Waals surface area contributed by atoms with Crippen molar-refractivity contribution < 1.29 is 18.4 Å². The minimum absolute atomic E-state index is 0.0355. The molecule has 0 aliphatic heterocycles. The number of rotatable bonds is 13. The van der Waals surface area contributed by atoms with E-state index in [-0.39, 0.29) is 17.8 Å². The Morgan fingerprint density at radius 1 is 1.03 bits per heavy atom. The van der Waals surface area contributed by atoms with Crippen molar-refractivity contribution in [1.29, 1.82) is 0 Å². The molecule has 166 valence electrons. The van der Waals surface area contributed by atoms with E-state index in [0.29, 0.717) is 17.1 Å². The molecule has 1 N–H and O–H groups in total. The van der Waals surface area contributed by atoms with Crippen molar-refractivity contribution in [3.63, 3.8) is 0 Å². The summed E-state index contributed by atoms with van der Waals surface area (Å²) < 4.78 is 32.6. The van der Waals surface area contributed by atoms with Gasteiger partial charge in [0.2, 0.25) is 0 Å². The molecule has 3 nitrogen and oxygen atoms in total. The van der Waals surface area contributed by atoms with Crippen molar-refractivity contribution in [3.8, 4) is 5.75 Å². The number of aliphatic hydroxyl groups excluding tert-OH is 1. The summed E-state index contributed by atoms with van der Waals surface area (Å²) in [5.41, 5.74) is 1.39. The van der Waals surface area contributed by atoms with E-state index in [4.69, 9.17) is 4.74 Å². The van der Waals surface area contributed by atoms with Crippen molar-refractivity contribution in [1.82, 2.24) is 0 Å². The number of hydrogen-bond acceptors (Lipinski definition) is 3. The van der Waals surface area contributed by atoms with Crippen LogP contribution in [0.25, 0.3) is 0 Å². The number of halogens is 1. The molecular formula is C25H35FO3S. The summed E-state index contributed by atoms with van der Waals surface area (Å²) in [5.74, 6) is 0.844. The summed E-state index contributed by atoms with van der Waals surface area (Å²) in [6.45, 7) is 4.30. The third-order valence-corrected chi connectivity index (χ3v) is 7.48. The number of unbranched alkanes of at least 4 members (excludes halogenated alkanes) is 2. The minimum Gasteiger partial charge on any atom is -0.497 e. The smallest absolute Gasteiger partial charge is 0.123 e. The largest absolute Gasteiger partial charge is 0.497 e. The van der Waals surface area contributed by atoms with Crippen LogP contribution in [0.5, 0.6) is 5.75 Å². The van der Waals surface area contributed by atoms with Gasteiger partial charge in [-0.3, -0.25) is 4.21 Å². The maximum absolute atomic E-state index is 14.0. The Morgan fingerprint density at radius 2 is 1.67 bits per heavy atom. The summed E-state index contributed by atoms with van der Waals surface area (Å²) >= 11 is 0. The summed E-state index contributed by atoms with van der Waals surface area (Å²) in [5, 5.41) is 10.2. The first-order valence-corrected chi connectivity index (χ1v) is 12.2. The molecule has 0 fully saturated rings. The molecule has 5 heteroatoms. The average Bonchev–Trinajstić information content (AvgIpc) is 2.76. The van der Waals surface area contributed by atoms with Gasteiger partial charge in [0, 0.05) is 22.7 Å². The Morgan fingerprint density at radius 3 is 2.20 bits per heavy atom. The SMILES string of the molecule is CCCCC(CO)(CCCC)CS(=O)c1ccc(F)cc1Cc1ccc(OC)cc1. The summed E-state index contributed by atoms with van der Waals surface area (Å²) in [7, 11) is 0.308. The van der Waals surface area contributed by atoms with Crippen molar-refractivity contribution in [2.45, 2.75) is 63.7 Å². The summed E-state index contributed by atoms with van der Waals surface area (Å²) in [4.78, 5) is 0.665. The predicted octanol–water partition coefficient (Wildman–Crippen LogP) is 5.89. The first-order valence-electron chi connectivity index (χ1n) is 10.9. The fourth-order valence-electron chi connectivity index (χ4n) is 3.80. The number of hydrogen-bond donors (Lipinski definition) is 1. The van der Waals surface area contributed by atoms with E-state index in [1.807, 2.05) is 24.3 Å². The van der Waals surface area contributed by atoms with Crippen LogP contribution in [0.15, 0.2) is 47.4 Å². The van der Waals surface area contributed by atoms with E-state index in [0.717, 1.165) is 55.4 Å². The Balaban J connectivity index is 2.28. The molecule has 0 aromatic heterocycles. The second kappa shape index (κ2) is 12.2. The summed E-state index contributed by atoms with van der Waals surface area (Å²) in [6, 6.07) is 12.1. The molecule has 0 saturated carbocycles. The molecule has 0 saturated heterocycles. The molecule has 30 heavy (non-hydrogen) atoms. The number of methoxy groups -OCH3 is 1. The normalized spacial score (nSPS) is 12.7. The molecule has 0 bridgehead atoms. The zero-order valence-corrected chi connectivity index (χ0v) is 19.3. The highest BCUT2D eigenvalue weighted by Gasteiger charge is 2.31. The minimum atomic E-state index is -1.31. The van der Waals surface area contributed by atoms with Crippen LogP contribution < -0.4 is 4.74 Å². The van der Waals surface area contributed by atoms with Crippen LogP contribution in [0.4, 0.5) is 4.39 Å². The van der Waals surface area contributed by atoms with E-state index in [1.54, 1.807) is 13.2 Å². The van der Waals surface area contributed by atoms with Gasteiger partial charge in [-0.05, 0) is 60.7 Å². The lowest BCUT2D eigenvalue weighted by atomic mass is 9.81. The maximum atomic E-state index is 14.0. The monoisotopic (exact) mass is 434 g/mol. The van der Waals surface area contributed by atoms with E-state index in [2.05, 4.69) is 13.8 Å². The molecule has 1 unspecified atom stereocenters. The molecule has 2 aromatic carbocycles. The number of benzene rings is 2. The number of ether oxygens (including phenoxy) is 1. The molecule has 0 radical (unpaired) electrons. The van der Waals surface area contributed by atoms with Gasteiger partial charge in [-0.1, -0.05) is 51.7 Å². The van der Waals surface area contributed by atoms with Crippen LogP contribution in [0.1, 0.15) is 63.5 Å². The molecule has 0 spiro atoms. The number of aliphatic hydroxyl groups is 1. The fraction of sp³-hybridized carbons (Fsp3) is 0.520. The maximum Gasteiger partial charge on any atom is 0.123 e. The molecule has 0 amide bonds.